The molecule has 0 aliphatic carbocycles. The number of thioether (sulfide) groups is 1. The average molecular weight is 410 g/mol. The Labute approximate surface area is 173 Å². The van der Waals surface area contributed by atoms with Gasteiger partial charge in [0, 0.05) is 17.3 Å². The Morgan fingerprint density at radius 1 is 1.10 bits per heavy atom. The first kappa shape index (κ1) is 20.8. The van der Waals surface area contributed by atoms with Gasteiger partial charge in [-0.1, -0.05) is 23.9 Å². The van der Waals surface area contributed by atoms with Crippen LogP contribution in [0.5, 0.6) is 5.75 Å². The van der Waals surface area contributed by atoms with Crippen molar-refractivity contribution in [2.75, 3.05) is 20.5 Å². The Hall–Kier alpha value is -2.90. The van der Waals surface area contributed by atoms with Gasteiger partial charge in [-0.3, -0.25) is 0 Å². The van der Waals surface area contributed by atoms with Crippen LogP contribution >= 0.6 is 11.8 Å². The lowest BCUT2D eigenvalue weighted by molar-refractivity contribution is 0.0600. The minimum Gasteiger partial charge on any atom is -0.496 e. The van der Waals surface area contributed by atoms with Crippen molar-refractivity contribution in [1.29, 1.82) is 0 Å². The molecule has 0 aliphatic rings. The normalized spacial score (nSPS) is 10.7. The van der Waals surface area contributed by atoms with Crippen LogP contribution in [0.15, 0.2) is 47.8 Å². The molecule has 3 aromatic rings. The van der Waals surface area contributed by atoms with E-state index in [-0.39, 0.29) is 12.6 Å². The van der Waals surface area contributed by atoms with Gasteiger partial charge in [0.05, 0.1) is 32.1 Å². The molecule has 1 aromatic heterocycles. The van der Waals surface area contributed by atoms with Crippen LogP contribution < -0.4 is 4.74 Å². The number of aliphatic hydroxyl groups excluding tert-OH is 1. The van der Waals surface area contributed by atoms with E-state index < -0.39 is 0 Å². The highest BCUT2D eigenvalue weighted by Crippen LogP contribution is 2.36. The second kappa shape index (κ2) is 9.07. The van der Waals surface area contributed by atoms with Crippen LogP contribution in [-0.2, 0) is 11.3 Å². The molecule has 29 heavy (non-hydrogen) atoms. The van der Waals surface area contributed by atoms with Crippen LogP contribution in [0.25, 0.3) is 22.3 Å². The number of carbonyl (C=O) groups excluding carboxylic acids is 1. The van der Waals surface area contributed by atoms with Gasteiger partial charge in [-0.25, -0.2) is 14.8 Å². The summed E-state index contributed by atoms with van der Waals surface area (Å²) in [4.78, 5) is 20.5. The summed E-state index contributed by atoms with van der Waals surface area (Å²) in [5, 5.41) is 10.4. The maximum Gasteiger partial charge on any atom is 0.337 e. The lowest BCUT2D eigenvalue weighted by atomic mass is 9.94. The Balaban J connectivity index is 2.13. The Morgan fingerprint density at radius 2 is 1.90 bits per heavy atom. The number of nitrogens with zero attached hydrogens (tertiary/aromatic N) is 2. The number of benzene rings is 2. The van der Waals surface area contributed by atoms with Gasteiger partial charge in [0.15, 0.2) is 5.16 Å². The predicted octanol–water partition coefficient (Wildman–Crippen LogP) is 4.13. The van der Waals surface area contributed by atoms with Gasteiger partial charge in [-0.05, 0) is 54.1 Å². The average Bonchev–Trinajstić information content (AvgIpc) is 2.77. The van der Waals surface area contributed by atoms with Gasteiger partial charge in [-0.15, -0.1) is 0 Å². The van der Waals surface area contributed by atoms with Crippen LogP contribution in [0.3, 0.4) is 0 Å². The van der Waals surface area contributed by atoms with Crippen molar-refractivity contribution in [2.45, 2.75) is 18.7 Å². The van der Waals surface area contributed by atoms with E-state index in [1.807, 2.05) is 37.4 Å². The van der Waals surface area contributed by atoms with Crippen LogP contribution in [0.1, 0.15) is 21.6 Å². The highest BCUT2D eigenvalue weighted by Gasteiger charge is 2.16. The number of aliphatic hydroxyl groups is 1. The summed E-state index contributed by atoms with van der Waals surface area (Å²) in [5.74, 6) is 0.293. The molecule has 0 aliphatic heterocycles. The molecule has 0 spiro atoms. The third kappa shape index (κ3) is 4.26. The molecule has 1 N–H and O–H groups in total. The van der Waals surface area contributed by atoms with Gasteiger partial charge >= 0.3 is 5.97 Å². The Morgan fingerprint density at radius 3 is 2.52 bits per heavy atom. The number of esters is 1. The number of methoxy groups -OCH3 is 2. The summed E-state index contributed by atoms with van der Waals surface area (Å²) in [7, 11) is 2.97. The van der Waals surface area contributed by atoms with Crippen molar-refractivity contribution in [3.8, 4) is 28.0 Å². The summed E-state index contributed by atoms with van der Waals surface area (Å²) in [5.41, 5.74) is 5.43. The van der Waals surface area contributed by atoms with Crippen molar-refractivity contribution in [3.63, 3.8) is 0 Å². The van der Waals surface area contributed by atoms with E-state index in [0.717, 1.165) is 22.3 Å². The van der Waals surface area contributed by atoms with Crippen LogP contribution in [0.2, 0.25) is 0 Å². The third-order valence-corrected chi connectivity index (χ3v) is 5.19. The molecule has 1 heterocycles. The molecule has 6 nitrogen and oxygen atoms in total. The van der Waals surface area contributed by atoms with Crippen molar-refractivity contribution in [2.24, 2.45) is 0 Å². The third-order valence-electron chi connectivity index (χ3n) is 4.63. The molecule has 0 unspecified atom stereocenters. The minimum atomic E-state index is -0.367. The maximum atomic E-state index is 11.8. The van der Waals surface area contributed by atoms with E-state index in [1.165, 1.54) is 18.9 Å². The van der Waals surface area contributed by atoms with Crippen LogP contribution in [-0.4, -0.2) is 41.5 Å². The van der Waals surface area contributed by atoms with E-state index in [9.17, 15) is 9.90 Å². The monoisotopic (exact) mass is 410 g/mol. The zero-order valence-corrected chi connectivity index (χ0v) is 17.5. The predicted molar refractivity (Wildman–Crippen MR) is 113 cm³/mol. The number of aryl methyl sites for hydroxylation is 1. The van der Waals surface area contributed by atoms with Crippen molar-refractivity contribution < 1.29 is 19.4 Å². The molecule has 0 saturated carbocycles. The van der Waals surface area contributed by atoms with Crippen molar-refractivity contribution in [1.82, 2.24) is 9.97 Å². The molecule has 3 rings (SSSR count). The van der Waals surface area contributed by atoms with Gasteiger partial charge in [0.25, 0.3) is 0 Å². The first-order valence-electron chi connectivity index (χ1n) is 8.90. The second-order valence-electron chi connectivity index (χ2n) is 6.31. The number of hydrogen-bond acceptors (Lipinski definition) is 7. The van der Waals surface area contributed by atoms with E-state index in [4.69, 9.17) is 9.47 Å². The topological polar surface area (TPSA) is 81.5 Å². The number of carbonyl (C=O) groups is 1. The van der Waals surface area contributed by atoms with Crippen LogP contribution in [0, 0.1) is 6.92 Å². The van der Waals surface area contributed by atoms with Crippen molar-refractivity contribution >= 4 is 17.7 Å². The maximum absolute atomic E-state index is 11.8. The summed E-state index contributed by atoms with van der Waals surface area (Å²) in [6.45, 7) is 1.74. The zero-order valence-electron chi connectivity index (χ0n) is 16.7. The first-order valence-corrected chi connectivity index (χ1v) is 10.1. The molecule has 0 amide bonds. The van der Waals surface area contributed by atoms with Gasteiger partial charge in [-0.2, -0.15) is 0 Å². The van der Waals surface area contributed by atoms with Gasteiger partial charge < -0.3 is 14.6 Å². The number of rotatable bonds is 6. The van der Waals surface area contributed by atoms with E-state index in [1.54, 1.807) is 25.4 Å². The highest BCUT2D eigenvalue weighted by atomic mass is 32.2. The highest BCUT2D eigenvalue weighted by molar-refractivity contribution is 7.98. The van der Waals surface area contributed by atoms with E-state index >= 15 is 0 Å². The summed E-state index contributed by atoms with van der Waals surface area (Å²) in [6.07, 6.45) is 3.59. The Kier molecular flexibility index (Phi) is 6.51. The molecule has 0 radical (unpaired) electrons. The minimum absolute atomic E-state index is 0.203. The van der Waals surface area contributed by atoms with E-state index in [2.05, 4.69) is 9.97 Å². The Bertz CT molecular complexity index is 1050. The number of aromatic nitrogens is 2. The molecule has 0 bridgehead atoms. The fourth-order valence-corrected chi connectivity index (χ4v) is 3.52. The van der Waals surface area contributed by atoms with E-state index in [0.29, 0.717) is 27.7 Å². The first-order chi connectivity index (χ1) is 14.0. The van der Waals surface area contributed by atoms with Crippen molar-refractivity contribution in [3.05, 3.63) is 59.4 Å². The molecule has 7 heteroatoms. The molecule has 2 aromatic carbocycles. The molecular weight excluding hydrogens is 388 g/mol. The van der Waals surface area contributed by atoms with Gasteiger partial charge in [0.2, 0.25) is 0 Å². The summed E-state index contributed by atoms with van der Waals surface area (Å²) in [6, 6.07) is 11.3. The largest absolute Gasteiger partial charge is 0.496 e. The molecule has 0 atom stereocenters. The van der Waals surface area contributed by atoms with Gasteiger partial charge in [0.1, 0.15) is 5.75 Å². The zero-order chi connectivity index (χ0) is 21.0. The summed E-state index contributed by atoms with van der Waals surface area (Å²) < 4.78 is 10.3. The number of hydrogen-bond donors (Lipinski definition) is 1. The molecule has 0 fully saturated rings. The smallest absolute Gasteiger partial charge is 0.337 e. The lowest BCUT2D eigenvalue weighted by Gasteiger charge is -2.15. The fraction of sp³-hybridized carbons (Fsp3) is 0.227. The fourth-order valence-electron chi connectivity index (χ4n) is 3.16. The SMILES string of the molecule is COC(=O)c1ccc(-c2ccc(OC)c(-c3cnc(SC)nc3CO)c2)c(C)c1. The quantitative estimate of drug-likeness (QED) is 0.372. The van der Waals surface area contributed by atoms with Crippen LogP contribution in [0.4, 0.5) is 0 Å². The lowest BCUT2D eigenvalue weighted by Crippen LogP contribution is -2.02. The molecule has 150 valence electrons. The second-order valence-corrected chi connectivity index (χ2v) is 7.08. The molecule has 0 saturated heterocycles. The molecular formula is C22H22N2O4S. The summed E-state index contributed by atoms with van der Waals surface area (Å²) >= 11 is 1.42. The standard InChI is InChI=1S/C22H22N2O4S/c1-13-9-15(21(26)28-3)5-7-16(13)14-6-8-20(27-2)17(10-14)18-11-23-22(29-4)24-19(18)12-25/h5-11,25H,12H2,1-4H3. The number of ether oxygens (including phenoxy) is 2.